The molecule has 0 bridgehead atoms. The quantitative estimate of drug-likeness (QED) is 0.154. The summed E-state index contributed by atoms with van der Waals surface area (Å²) in [7, 11) is 0. The fourth-order valence-corrected chi connectivity index (χ4v) is 8.17. The maximum absolute atomic E-state index is 2.52. The minimum absolute atomic E-state index is 1.07. The molecule has 0 radical (unpaired) electrons. The molecule has 0 heterocycles. The van der Waals surface area contributed by atoms with Crippen LogP contribution in [-0.2, 0) is 0 Å². The van der Waals surface area contributed by atoms with Gasteiger partial charge in [-0.2, -0.15) is 0 Å². The van der Waals surface area contributed by atoms with Crippen molar-refractivity contribution in [1.82, 2.24) is 0 Å². The van der Waals surface area contributed by atoms with Gasteiger partial charge in [-0.15, -0.1) is 0 Å². The van der Waals surface area contributed by atoms with E-state index < -0.39 is 0 Å². The molecule has 0 unspecified atom stereocenters. The Morgan fingerprint density at radius 3 is 1.09 bits per heavy atom. The van der Waals surface area contributed by atoms with Crippen LogP contribution < -0.4 is 9.80 Å². The molecule has 0 fully saturated rings. The van der Waals surface area contributed by atoms with Crippen molar-refractivity contribution in [3.05, 3.63) is 218 Å². The predicted octanol–water partition coefficient (Wildman–Crippen LogP) is 14.9. The van der Waals surface area contributed by atoms with Crippen LogP contribution in [0.5, 0.6) is 0 Å². The molecule has 254 valence electrons. The summed E-state index contributed by atoms with van der Waals surface area (Å²) in [5, 5.41) is 9.57. The summed E-state index contributed by atoms with van der Waals surface area (Å²) in [4.78, 5) is 5.02. The molecule has 2 nitrogen and oxygen atoms in total. The van der Waals surface area contributed by atoms with Gasteiger partial charge in [-0.1, -0.05) is 176 Å². The average molecular weight is 689 g/mol. The molecule has 0 aliphatic rings. The molecule has 0 aromatic heterocycles. The molecule has 54 heavy (non-hydrogen) atoms. The number of benzene rings is 10. The van der Waals surface area contributed by atoms with Gasteiger partial charge < -0.3 is 9.80 Å². The van der Waals surface area contributed by atoms with Crippen molar-refractivity contribution >= 4 is 77.2 Å². The molecule has 10 aromatic carbocycles. The molecule has 0 N–H and O–H groups in total. The molecule has 0 aliphatic carbocycles. The van der Waals surface area contributed by atoms with Gasteiger partial charge in [-0.3, -0.25) is 0 Å². The second-order valence-electron chi connectivity index (χ2n) is 13.7. The zero-order chi connectivity index (χ0) is 35.8. The highest BCUT2D eigenvalue weighted by Gasteiger charge is 2.29. The van der Waals surface area contributed by atoms with Crippen LogP contribution in [0.15, 0.2) is 218 Å². The normalized spacial score (nSPS) is 11.3. The highest BCUT2D eigenvalue weighted by Crippen LogP contribution is 2.54. The molecule has 10 aromatic rings. The molecular formula is C52H36N2. The highest BCUT2D eigenvalue weighted by molar-refractivity contribution is 6.18. The van der Waals surface area contributed by atoms with Crippen molar-refractivity contribution in [2.24, 2.45) is 0 Å². The summed E-state index contributed by atoms with van der Waals surface area (Å²) in [5.41, 5.74) is 8.92. The van der Waals surface area contributed by atoms with Crippen LogP contribution in [-0.4, -0.2) is 0 Å². The van der Waals surface area contributed by atoms with Gasteiger partial charge in [-0.05, 0) is 69.6 Å². The lowest BCUT2D eigenvalue weighted by atomic mass is 9.95. The number of nitrogens with zero attached hydrogens (tertiary/aromatic N) is 2. The molecular weight excluding hydrogens is 653 g/mol. The van der Waals surface area contributed by atoms with Gasteiger partial charge in [0.1, 0.15) is 0 Å². The Morgan fingerprint density at radius 1 is 0.259 bits per heavy atom. The van der Waals surface area contributed by atoms with Gasteiger partial charge in [0.25, 0.3) is 0 Å². The number of para-hydroxylation sites is 3. The fourth-order valence-electron chi connectivity index (χ4n) is 8.17. The third kappa shape index (κ3) is 5.36. The first kappa shape index (κ1) is 31.6. The molecule has 2 heteroatoms. The molecule has 0 saturated carbocycles. The van der Waals surface area contributed by atoms with E-state index in [-0.39, 0.29) is 0 Å². The van der Waals surface area contributed by atoms with Crippen LogP contribution in [0.3, 0.4) is 0 Å². The van der Waals surface area contributed by atoms with Crippen LogP contribution in [0.25, 0.3) is 54.2 Å². The van der Waals surface area contributed by atoms with E-state index in [9.17, 15) is 0 Å². The second kappa shape index (κ2) is 13.4. The Kier molecular flexibility index (Phi) is 7.85. The summed E-state index contributed by atoms with van der Waals surface area (Å²) in [6.07, 6.45) is 0. The third-order valence-electron chi connectivity index (χ3n) is 10.5. The summed E-state index contributed by atoms with van der Waals surface area (Å²) in [6.45, 7) is 0. The van der Waals surface area contributed by atoms with Crippen molar-refractivity contribution in [2.45, 2.75) is 0 Å². The Labute approximate surface area is 315 Å². The first-order valence-electron chi connectivity index (χ1n) is 18.5. The zero-order valence-corrected chi connectivity index (χ0v) is 29.7. The predicted molar refractivity (Wildman–Crippen MR) is 231 cm³/mol. The second-order valence-corrected chi connectivity index (χ2v) is 13.7. The number of fused-ring (bicyclic) bond motifs is 4. The smallest absolute Gasteiger partial charge is 0.0781 e. The molecule has 0 saturated heterocycles. The maximum atomic E-state index is 2.52. The van der Waals surface area contributed by atoms with E-state index in [1.54, 1.807) is 0 Å². The van der Waals surface area contributed by atoms with E-state index in [2.05, 4.69) is 228 Å². The summed E-state index contributed by atoms with van der Waals surface area (Å²) in [6, 6.07) is 79.2. The van der Waals surface area contributed by atoms with E-state index in [1.807, 2.05) is 0 Å². The van der Waals surface area contributed by atoms with Crippen LogP contribution in [0.1, 0.15) is 0 Å². The van der Waals surface area contributed by atoms with Crippen molar-refractivity contribution in [3.8, 4) is 11.1 Å². The molecule has 0 atom stereocenters. The number of rotatable bonds is 7. The first-order chi connectivity index (χ1) is 26.8. The van der Waals surface area contributed by atoms with Gasteiger partial charge in [0.15, 0.2) is 0 Å². The van der Waals surface area contributed by atoms with E-state index >= 15 is 0 Å². The van der Waals surface area contributed by atoms with Gasteiger partial charge in [0.05, 0.1) is 22.7 Å². The minimum atomic E-state index is 1.07. The lowest BCUT2D eigenvalue weighted by molar-refractivity contribution is 1.25. The van der Waals surface area contributed by atoms with Gasteiger partial charge in [-0.25, -0.2) is 0 Å². The Balaban J connectivity index is 1.41. The Morgan fingerprint density at radius 2 is 0.630 bits per heavy atom. The van der Waals surface area contributed by atoms with Crippen molar-refractivity contribution in [2.75, 3.05) is 9.80 Å². The largest absolute Gasteiger partial charge is 0.307 e. The molecule has 0 aliphatic heterocycles. The van der Waals surface area contributed by atoms with Crippen molar-refractivity contribution in [1.29, 1.82) is 0 Å². The van der Waals surface area contributed by atoms with E-state index in [1.165, 1.54) is 43.1 Å². The lowest BCUT2D eigenvalue weighted by Gasteiger charge is -2.36. The zero-order valence-electron chi connectivity index (χ0n) is 29.7. The lowest BCUT2D eigenvalue weighted by Crippen LogP contribution is -2.19. The Hall–Kier alpha value is -7.16. The van der Waals surface area contributed by atoms with Crippen LogP contribution in [0.2, 0.25) is 0 Å². The monoisotopic (exact) mass is 688 g/mol. The third-order valence-corrected chi connectivity index (χ3v) is 10.5. The SMILES string of the molecule is c1ccc(-c2cccc(N(c3ccccc3)c3c4ccccc4cc4ccccc34)c2N(c2ccccc2)c2c3ccccc3cc3ccccc23)cc1. The topological polar surface area (TPSA) is 6.48 Å². The number of hydrogen-bond donors (Lipinski definition) is 0. The summed E-state index contributed by atoms with van der Waals surface area (Å²) in [5.74, 6) is 0. The van der Waals surface area contributed by atoms with Crippen LogP contribution in [0, 0.1) is 0 Å². The van der Waals surface area contributed by atoms with E-state index in [4.69, 9.17) is 0 Å². The number of hydrogen-bond acceptors (Lipinski definition) is 2. The van der Waals surface area contributed by atoms with E-state index in [0.717, 1.165) is 45.3 Å². The van der Waals surface area contributed by atoms with Gasteiger partial charge in [0, 0.05) is 38.5 Å². The summed E-state index contributed by atoms with van der Waals surface area (Å²) < 4.78 is 0. The number of anilines is 6. The van der Waals surface area contributed by atoms with Crippen molar-refractivity contribution < 1.29 is 0 Å². The summed E-state index contributed by atoms with van der Waals surface area (Å²) >= 11 is 0. The fraction of sp³-hybridized carbons (Fsp3) is 0. The van der Waals surface area contributed by atoms with Gasteiger partial charge >= 0.3 is 0 Å². The first-order valence-corrected chi connectivity index (χ1v) is 18.5. The van der Waals surface area contributed by atoms with Crippen LogP contribution in [0.4, 0.5) is 34.1 Å². The molecule has 10 rings (SSSR count). The Bertz CT molecular complexity index is 2830. The highest BCUT2D eigenvalue weighted by atomic mass is 15.2. The maximum Gasteiger partial charge on any atom is 0.0781 e. The average Bonchev–Trinajstić information content (AvgIpc) is 3.25. The molecule has 0 amide bonds. The van der Waals surface area contributed by atoms with Crippen molar-refractivity contribution in [3.63, 3.8) is 0 Å². The molecule has 0 spiro atoms. The minimum Gasteiger partial charge on any atom is -0.307 e. The standard InChI is InChI=1S/C52H36N2/c1-4-19-37(20-5-1)44-33-18-34-49(53(42-25-6-2-7-26-42)50-45-29-14-10-21-38(45)35-39-22-11-15-30-46(39)50)52(44)54(43-27-8-3-9-28-43)51-47-31-16-12-23-40(47)36-41-24-13-17-32-48(41)51/h1-36H. The van der Waals surface area contributed by atoms with E-state index in [0.29, 0.717) is 0 Å². The van der Waals surface area contributed by atoms with Gasteiger partial charge in [0.2, 0.25) is 0 Å². The van der Waals surface area contributed by atoms with Crippen LogP contribution >= 0.6 is 0 Å².